The zero-order valence-corrected chi connectivity index (χ0v) is 21.8. The van der Waals surface area contributed by atoms with Crippen LogP contribution in [-0.2, 0) is 0 Å². The molecule has 39 heavy (non-hydrogen) atoms. The van der Waals surface area contributed by atoms with Crippen LogP contribution in [0.25, 0.3) is 34.0 Å². The first kappa shape index (κ1) is 27.1. The predicted molar refractivity (Wildman–Crippen MR) is 156 cm³/mol. The number of benzene rings is 4. The number of methoxy groups -OCH3 is 2. The van der Waals surface area contributed by atoms with Gasteiger partial charge in [-0.05, 0) is 94.1 Å². The second-order valence-corrected chi connectivity index (χ2v) is 8.75. The van der Waals surface area contributed by atoms with Crippen molar-refractivity contribution < 1.29 is 18.3 Å². The van der Waals surface area contributed by atoms with Crippen LogP contribution >= 0.6 is 0 Å². The van der Waals surface area contributed by atoms with Crippen LogP contribution in [0.5, 0.6) is 11.5 Å². The van der Waals surface area contributed by atoms with Crippen LogP contribution in [0, 0.1) is 11.6 Å². The number of hydrogen-bond donors (Lipinski definition) is 1. The molecule has 4 rings (SSSR count). The van der Waals surface area contributed by atoms with E-state index in [9.17, 15) is 8.78 Å². The van der Waals surface area contributed by atoms with Gasteiger partial charge in [0.05, 0.1) is 14.2 Å². The molecule has 0 amide bonds. The number of hydrogen-bond acceptors (Lipinski definition) is 3. The van der Waals surface area contributed by atoms with E-state index in [1.165, 1.54) is 12.1 Å². The molecule has 0 aliphatic heterocycles. The highest BCUT2D eigenvalue weighted by Gasteiger charge is 2.07. The minimum atomic E-state index is -0.714. The average molecular weight is 522 g/mol. The highest BCUT2D eigenvalue weighted by molar-refractivity contribution is 5.78. The number of halogens is 2. The van der Waals surface area contributed by atoms with Gasteiger partial charge in [-0.2, -0.15) is 0 Å². The first-order valence-electron chi connectivity index (χ1n) is 12.3. The molecular weight excluding hydrogens is 492 g/mol. The fraction of sp³-hybridized carbons (Fsp3) is 0.0588. The van der Waals surface area contributed by atoms with Crippen LogP contribution in [-0.4, -0.2) is 14.2 Å². The fourth-order valence-electron chi connectivity index (χ4n) is 4.03. The molecule has 196 valence electrons. The van der Waals surface area contributed by atoms with Crippen molar-refractivity contribution in [2.24, 2.45) is 5.73 Å². The average Bonchev–Trinajstić information content (AvgIpc) is 2.97. The van der Waals surface area contributed by atoms with Crippen molar-refractivity contribution in [3.05, 3.63) is 144 Å². The summed E-state index contributed by atoms with van der Waals surface area (Å²) in [5.41, 5.74) is 12.3. The molecule has 0 fully saturated rings. The Labute approximate surface area is 227 Å². The van der Waals surface area contributed by atoms with Gasteiger partial charge in [0.2, 0.25) is 0 Å². The summed E-state index contributed by atoms with van der Waals surface area (Å²) in [7, 11) is 3.29. The standard InChI is InChI=1S/C34H29F2NO2/c1-4-23(7-18-34(37)32-17-12-29(35)22-33(32)36)5-6-24-19-27(25-8-13-30(38-2)14-9-25)21-28(20-24)26-10-15-31(39-3)16-11-26/h4-22H,1,37H2,2-3H3/b6-5+,23-7+,34-18-. The molecule has 3 nitrogen and oxygen atoms in total. The number of ether oxygens (including phenoxy) is 2. The summed E-state index contributed by atoms with van der Waals surface area (Å²) >= 11 is 0. The van der Waals surface area contributed by atoms with Crippen molar-refractivity contribution in [3.8, 4) is 33.8 Å². The SMILES string of the molecule is C=CC(/C=C/c1cc(-c2ccc(OC)cc2)cc(-c2ccc(OC)cc2)c1)=C\C=C(/N)c1ccc(F)cc1F. The van der Waals surface area contributed by atoms with E-state index < -0.39 is 11.6 Å². The molecule has 0 atom stereocenters. The number of rotatable bonds is 9. The summed E-state index contributed by atoms with van der Waals surface area (Å²) in [6.07, 6.45) is 8.88. The third-order valence-corrected chi connectivity index (χ3v) is 6.20. The first-order valence-corrected chi connectivity index (χ1v) is 12.3. The Hall–Kier alpha value is -4.90. The molecular formula is C34H29F2NO2. The van der Waals surface area contributed by atoms with Crippen LogP contribution < -0.4 is 15.2 Å². The molecule has 0 bridgehead atoms. The second kappa shape index (κ2) is 12.6. The Morgan fingerprint density at radius 3 is 1.77 bits per heavy atom. The highest BCUT2D eigenvalue weighted by Crippen LogP contribution is 2.31. The molecule has 5 heteroatoms. The maximum atomic E-state index is 14.1. The summed E-state index contributed by atoms with van der Waals surface area (Å²) in [6.45, 7) is 3.88. The minimum Gasteiger partial charge on any atom is -0.497 e. The van der Waals surface area contributed by atoms with Crippen molar-refractivity contribution in [3.63, 3.8) is 0 Å². The Morgan fingerprint density at radius 2 is 1.28 bits per heavy atom. The second-order valence-electron chi connectivity index (χ2n) is 8.75. The molecule has 0 aliphatic rings. The van der Waals surface area contributed by atoms with Crippen molar-refractivity contribution in [2.75, 3.05) is 14.2 Å². The summed E-state index contributed by atoms with van der Waals surface area (Å²) in [5.74, 6) is 0.215. The predicted octanol–water partition coefficient (Wildman–Crippen LogP) is 8.44. The molecule has 2 N–H and O–H groups in total. The molecule has 4 aromatic rings. The Bertz CT molecular complexity index is 1480. The lowest BCUT2D eigenvalue weighted by molar-refractivity contribution is 0.415. The highest BCUT2D eigenvalue weighted by atomic mass is 19.1. The third kappa shape index (κ3) is 6.90. The van der Waals surface area contributed by atoms with Gasteiger partial charge in [-0.1, -0.05) is 55.1 Å². The smallest absolute Gasteiger partial charge is 0.135 e. The zero-order valence-electron chi connectivity index (χ0n) is 21.8. The van der Waals surface area contributed by atoms with Crippen LogP contribution in [0.2, 0.25) is 0 Å². The van der Waals surface area contributed by atoms with Crippen molar-refractivity contribution in [2.45, 2.75) is 0 Å². The third-order valence-electron chi connectivity index (χ3n) is 6.20. The van der Waals surface area contributed by atoms with E-state index >= 15 is 0 Å². The van der Waals surface area contributed by atoms with E-state index in [0.29, 0.717) is 0 Å². The fourth-order valence-corrected chi connectivity index (χ4v) is 4.03. The quantitative estimate of drug-likeness (QED) is 0.225. The monoisotopic (exact) mass is 521 g/mol. The van der Waals surface area contributed by atoms with Gasteiger partial charge < -0.3 is 15.2 Å². The molecule has 4 aromatic carbocycles. The molecule has 0 unspecified atom stereocenters. The van der Waals surface area contributed by atoms with Crippen molar-refractivity contribution in [1.82, 2.24) is 0 Å². The molecule has 0 heterocycles. The van der Waals surface area contributed by atoms with Gasteiger partial charge in [0.25, 0.3) is 0 Å². The maximum absolute atomic E-state index is 14.1. The van der Waals surface area contributed by atoms with Gasteiger partial charge in [-0.15, -0.1) is 0 Å². The van der Waals surface area contributed by atoms with Crippen LogP contribution in [0.4, 0.5) is 8.78 Å². The summed E-state index contributed by atoms with van der Waals surface area (Å²) < 4.78 is 37.9. The van der Waals surface area contributed by atoms with Gasteiger partial charge in [0.15, 0.2) is 0 Å². The summed E-state index contributed by atoms with van der Waals surface area (Å²) in [6, 6.07) is 25.5. The minimum absolute atomic E-state index is 0.136. The number of allylic oxidation sites excluding steroid dienone is 5. The van der Waals surface area contributed by atoms with Gasteiger partial charge in [-0.25, -0.2) is 8.78 Å². The largest absolute Gasteiger partial charge is 0.497 e. The summed E-state index contributed by atoms with van der Waals surface area (Å²) in [4.78, 5) is 0. The number of nitrogens with two attached hydrogens (primary N) is 1. The molecule has 0 spiro atoms. The van der Waals surface area contributed by atoms with E-state index in [1.807, 2.05) is 60.7 Å². The lowest BCUT2D eigenvalue weighted by Gasteiger charge is -2.10. The maximum Gasteiger partial charge on any atom is 0.135 e. The van der Waals surface area contributed by atoms with Crippen LogP contribution in [0.15, 0.2) is 121 Å². The summed E-state index contributed by atoms with van der Waals surface area (Å²) in [5, 5.41) is 0. The molecule has 0 saturated heterocycles. The van der Waals surface area contributed by atoms with E-state index in [-0.39, 0.29) is 11.3 Å². The Balaban J connectivity index is 1.69. The Morgan fingerprint density at radius 1 is 0.718 bits per heavy atom. The Kier molecular flexibility index (Phi) is 8.75. The van der Waals surface area contributed by atoms with Crippen LogP contribution in [0.1, 0.15) is 11.1 Å². The van der Waals surface area contributed by atoms with Crippen molar-refractivity contribution in [1.29, 1.82) is 0 Å². The van der Waals surface area contributed by atoms with Gasteiger partial charge in [0, 0.05) is 17.3 Å². The molecule has 0 aliphatic carbocycles. The van der Waals surface area contributed by atoms with Crippen LogP contribution in [0.3, 0.4) is 0 Å². The molecule has 0 aromatic heterocycles. The van der Waals surface area contributed by atoms with E-state index in [1.54, 1.807) is 32.4 Å². The van der Waals surface area contributed by atoms with E-state index in [2.05, 4.69) is 24.8 Å². The molecule has 0 saturated carbocycles. The van der Waals surface area contributed by atoms with E-state index in [0.717, 1.165) is 51.0 Å². The lowest BCUT2D eigenvalue weighted by atomic mass is 9.95. The van der Waals surface area contributed by atoms with Crippen molar-refractivity contribution >= 4 is 11.8 Å². The lowest BCUT2D eigenvalue weighted by Crippen LogP contribution is -1.99. The van der Waals surface area contributed by atoms with E-state index in [4.69, 9.17) is 15.2 Å². The normalized spacial score (nSPS) is 12.0. The molecule has 0 radical (unpaired) electrons. The van der Waals surface area contributed by atoms with Gasteiger partial charge in [-0.3, -0.25) is 0 Å². The van der Waals surface area contributed by atoms with Gasteiger partial charge >= 0.3 is 0 Å². The van der Waals surface area contributed by atoms with Gasteiger partial charge in [0.1, 0.15) is 23.1 Å². The zero-order chi connectivity index (χ0) is 27.8. The topological polar surface area (TPSA) is 44.5 Å². The first-order chi connectivity index (χ1) is 18.9.